The number of amides is 1. The van der Waals surface area contributed by atoms with E-state index in [1.54, 1.807) is 20.8 Å². The van der Waals surface area contributed by atoms with Crippen LogP contribution in [0.4, 0.5) is 9.80 Å². The van der Waals surface area contributed by atoms with E-state index in [4.69, 9.17) is 9.84 Å². The Kier molecular flexibility index (Phi) is 4.16. The van der Waals surface area contributed by atoms with Gasteiger partial charge < -0.3 is 9.84 Å². The summed E-state index contributed by atoms with van der Waals surface area (Å²) < 4.78 is 5.57. The number of ether oxygens (including phenoxy) is 1. The maximum absolute atomic E-state index is 11.5. The predicted octanol–water partition coefficient (Wildman–Crippen LogP) is 3.56. The van der Waals surface area contributed by atoms with Crippen LogP contribution in [0.25, 0.3) is 0 Å². The smallest absolute Gasteiger partial charge is 0.412 e. The van der Waals surface area contributed by atoms with Gasteiger partial charge in [-0.3, -0.25) is 5.32 Å². The number of rotatable bonds is 2. The quantitative estimate of drug-likeness (QED) is 0.873. The molecule has 0 atom stereocenters. The summed E-state index contributed by atoms with van der Waals surface area (Å²) in [5.41, 5.74) is -0.594. The van der Waals surface area contributed by atoms with Crippen LogP contribution in [0.5, 0.6) is 0 Å². The zero-order valence-electron chi connectivity index (χ0n) is 9.54. The summed E-state index contributed by atoms with van der Waals surface area (Å²) in [4.78, 5) is 22.3. The molecular formula is C10H12BrNO4S. The van der Waals surface area contributed by atoms with Crippen LogP contribution in [0.2, 0.25) is 0 Å². The predicted molar refractivity (Wildman–Crippen MR) is 68.8 cm³/mol. The summed E-state index contributed by atoms with van der Waals surface area (Å²) in [7, 11) is 0. The van der Waals surface area contributed by atoms with Crippen LogP contribution < -0.4 is 5.32 Å². The molecular weight excluding hydrogens is 310 g/mol. The summed E-state index contributed by atoms with van der Waals surface area (Å²) in [5.74, 6) is -1.03. The number of nitrogens with one attached hydrogen (secondary N) is 1. The minimum absolute atomic E-state index is 0.142. The second-order valence-electron chi connectivity index (χ2n) is 4.22. The minimum atomic E-state index is -1.03. The van der Waals surface area contributed by atoms with Gasteiger partial charge >= 0.3 is 12.1 Å². The lowest BCUT2D eigenvalue weighted by Crippen LogP contribution is -2.27. The summed E-state index contributed by atoms with van der Waals surface area (Å²) in [6, 6.07) is 1.43. The molecule has 1 aromatic rings. The molecule has 0 aliphatic heterocycles. The Morgan fingerprint density at radius 1 is 1.47 bits per heavy atom. The highest BCUT2D eigenvalue weighted by Gasteiger charge is 2.19. The first-order valence-corrected chi connectivity index (χ1v) is 6.32. The van der Waals surface area contributed by atoms with E-state index in [9.17, 15) is 9.59 Å². The van der Waals surface area contributed by atoms with Crippen LogP contribution in [0, 0.1) is 0 Å². The average molecular weight is 322 g/mol. The average Bonchev–Trinajstić information content (AvgIpc) is 2.44. The molecule has 5 nitrogen and oxygen atoms in total. The molecule has 0 aromatic carbocycles. The van der Waals surface area contributed by atoms with Crippen molar-refractivity contribution in [2.75, 3.05) is 5.32 Å². The molecule has 0 radical (unpaired) electrons. The first-order chi connectivity index (χ1) is 7.69. The van der Waals surface area contributed by atoms with Crippen LogP contribution in [-0.4, -0.2) is 22.8 Å². The van der Waals surface area contributed by atoms with E-state index in [1.807, 2.05) is 0 Å². The molecule has 0 aliphatic carbocycles. The van der Waals surface area contributed by atoms with Gasteiger partial charge in [0.25, 0.3) is 0 Å². The maximum atomic E-state index is 11.5. The molecule has 0 spiro atoms. The van der Waals surface area contributed by atoms with Gasteiger partial charge in [0.1, 0.15) is 15.5 Å². The molecule has 1 aromatic heterocycles. The summed E-state index contributed by atoms with van der Waals surface area (Å²) in [5, 5.41) is 11.7. The SMILES string of the molecule is CC(C)(C)OC(=O)Nc1sc(C(=O)O)cc1Br. The molecule has 0 aliphatic rings. The number of carboxylic acid groups (broad SMARTS) is 1. The third kappa shape index (κ3) is 4.35. The third-order valence-corrected chi connectivity index (χ3v) is 3.44. The first kappa shape index (κ1) is 14.0. The van der Waals surface area contributed by atoms with Gasteiger partial charge in [-0.05, 0) is 42.8 Å². The topological polar surface area (TPSA) is 75.6 Å². The molecule has 2 N–H and O–H groups in total. The Hall–Kier alpha value is -1.08. The Morgan fingerprint density at radius 3 is 2.47 bits per heavy atom. The highest BCUT2D eigenvalue weighted by Crippen LogP contribution is 2.32. The van der Waals surface area contributed by atoms with Crippen LogP contribution >= 0.6 is 27.3 Å². The van der Waals surface area contributed by atoms with Crippen molar-refractivity contribution >= 4 is 44.3 Å². The fraction of sp³-hybridized carbons (Fsp3) is 0.400. The molecule has 0 saturated carbocycles. The maximum Gasteiger partial charge on any atom is 0.412 e. The fourth-order valence-electron chi connectivity index (χ4n) is 0.956. The monoisotopic (exact) mass is 321 g/mol. The normalized spacial score (nSPS) is 11.1. The lowest BCUT2D eigenvalue weighted by atomic mass is 10.2. The van der Waals surface area contributed by atoms with Crippen LogP contribution in [-0.2, 0) is 4.74 Å². The highest BCUT2D eigenvalue weighted by atomic mass is 79.9. The number of hydrogen-bond donors (Lipinski definition) is 2. The van der Waals surface area contributed by atoms with Crippen molar-refractivity contribution in [3.8, 4) is 0 Å². The molecule has 94 valence electrons. The van der Waals surface area contributed by atoms with Gasteiger partial charge in [-0.15, -0.1) is 11.3 Å². The van der Waals surface area contributed by atoms with Crippen molar-refractivity contribution in [2.24, 2.45) is 0 Å². The molecule has 0 bridgehead atoms. The first-order valence-electron chi connectivity index (χ1n) is 4.71. The van der Waals surface area contributed by atoms with Gasteiger partial charge in [-0.1, -0.05) is 0 Å². The molecule has 0 unspecified atom stereocenters. The van der Waals surface area contributed by atoms with Crippen molar-refractivity contribution in [1.82, 2.24) is 0 Å². The number of halogens is 1. The van der Waals surface area contributed by atoms with Gasteiger partial charge in [-0.2, -0.15) is 0 Å². The van der Waals surface area contributed by atoms with Crippen LogP contribution in [0.1, 0.15) is 30.4 Å². The lowest BCUT2D eigenvalue weighted by molar-refractivity contribution is 0.0634. The largest absolute Gasteiger partial charge is 0.477 e. The molecule has 1 rings (SSSR count). The highest BCUT2D eigenvalue weighted by molar-refractivity contribution is 9.10. The van der Waals surface area contributed by atoms with E-state index in [0.717, 1.165) is 11.3 Å². The Bertz CT molecular complexity index is 450. The van der Waals surface area contributed by atoms with Crippen molar-refractivity contribution in [1.29, 1.82) is 0 Å². The number of anilines is 1. The van der Waals surface area contributed by atoms with E-state index < -0.39 is 17.7 Å². The minimum Gasteiger partial charge on any atom is -0.477 e. The van der Waals surface area contributed by atoms with Gasteiger partial charge in [0.05, 0.1) is 4.47 Å². The molecule has 0 fully saturated rings. The second-order valence-corrected chi connectivity index (χ2v) is 6.13. The third-order valence-electron chi connectivity index (χ3n) is 1.51. The number of carboxylic acids is 1. The van der Waals surface area contributed by atoms with E-state index in [-0.39, 0.29) is 4.88 Å². The zero-order valence-corrected chi connectivity index (χ0v) is 11.9. The lowest BCUT2D eigenvalue weighted by Gasteiger charge is -2.19. The molecule has 1 heterocycles. The Balaban J connectivity index is 2.75. The Labute approximate surface area is 111 Å². The second kappa shape index (κ2) is 5.05. The van der Waals surface area contributed by atoms with Gasteiger partial charge in [0.15, 0.2) is 0 Å². The van der Waals surface area contributed by atoms with Crippen LogP contribution in [0.15, 0.2) is 10.5 Å². The van der Waals surface area contributed by atoms with Crippen molar-refractivity contribution < 1.29 is 19.4 Å². The number of carbonyl (C=O) groups excluding carboxylic acids is 1. The molecule has 17 heavy (non-hydrogen) atoms. The fourth-order valence-corrected chi connectivity index (χ4v) is 2.45. The number of thiophene rings is 1. The number of carbonyl (C=O) groups is 2. The van der Waals surface area contributed by atoms with Crippen LogP contribution in [0.3, 0.4) is 0 Å². The molecule has 7 heteroatoms. The molecule has 1 amide bonds. The molecule has 0 saturated heterocycles. The standard InChI is InChI=1S/C10H12BrNO4S/c1-10(2,3)16-9(15)12-7-5(11)4-6(17-7)8(13)14/h4H,1-3H3,(H,12,15)(H,13,14). The summed E-state index contributed by atoms with van der Waals surface area (Å²) in [6.07, 6.45) is -0.614. The van der Waals surface area contributed by atoms with Crippen molar-refractivity contribution in [3.05, 3.63) is 15.4 Å². The number of hydrogen-bond acceptors (Lipinski definition) is 4. The van der Waals surface area contributed by atoms with E-state index >= 15 is 0 Å². The summed E-state index contributed by atoms with van der Waals surface area (Å²) >= 11 is 4.13. The zero-order chi connectivity index (χ0) is 13.2. The Morgan fingerprint density at radius 2 is 2.06 bits per heavy atom. The van der Waals surface area contributed by atoms with E-state index in [0.29, 0.717) is 9.47 Å². The van der Waals surface area contributed by atoms with Crippen molar-refractivity contribution in [3.63, 3.8) is 0 Å². The summed E-state index contributed by atoms with van der Waals surface area (Å²) in [6.45, 7) is 5.25. The van der Waals surface area contributed by atoms with Gasteiger partial charge in [0, 0.05) is 0 Å². The van der Waals surface area contributed by atoms with Crippen molar-refractivity contribution in [2.45, 2.75) is 26.4 Å². The van der Waals surface area contributed by atoms with Gasteiger partial charge in [0.2, 0.25) is 0 Å². The number of aromatic carboxylic acids is 1. The van der Waals surface area contributed by atoms with E-state index in [1.165, 1.54) is 6.07 Å². The van der Waals surface area contributed by atoms with E-state index in [2.05, 4.69) is 21.2 Å². The van der Waals surface area contributed by atoms with Gasteiger partial charge in [-0.25, -0.2) is 9.59 Å².